The molecule has 3 aliphatic rings. The summed E-state index contributed by atoms with van der Waals surface area (Å²) in [7, 11) is -3.91. The molecule has 2 aromatic carbocycles. The number of nitrogens with zero attached hydrogens (tertiary/aromatic N) is 2. The third kappa shape index (κ3) is 4.05. The van der Waals surface area contributed by atoms with Crippen LogP contribution in [0, 0.1) is 5.92 Å². The predicted octanol–water partition coefficient (Wildman–Crippen LogP) is 1.13. The number of nitrogens with two attached hydrogens (primary N) is 1. The molecule has 0 spiro atoms. The SMILES string of the molecule is NS(=O)(=O)c1ccc(N2C(=O)CC(N(Cc3ccc4c(c3)OCO4)C(=O)C3CC3)C2=O)cc1. The van der Waals surface area contributed by atoms with E-state index in [1.54, 1.807) is 18.2 Å². The summed E-state index contributed by atoms with van der Waals surface area (Å²) in [6, 6.07) is 9.53. The van der Waals surface area contributed by atoms with Crippen LogP contribution < -0.4 is 19.5 Å². The summed E-state index contributed by atoms with van der Waals surface area (Å²) >= 11 is 0. The Kier molecular flexibility index (Phi) is 5.09. The average molecular weight is 471 g/mol. The number of benzene rings is 2. The van der Waals surface area contributed by atoms with E-state index in [0.29, 0.717) is 11.5 Å². The number of sulfonamides is 1. The first-order chi connectivity index (χ1) is 15.7. The number of amides is 3. The zero-order valence-corrected chi connectivity index (χ0v) is 18.3. The summed E-state index contributed by atoms with van der Waals surface area (Å²) in [6.45, 7) is 0.270. The molecule has 172 valence electrons. The van der Waals surface area contributed by atoms with E-state index in [9.17, 15) is 22.8 Å². The molecule has 0 bridgehead atoms. The van der Waals surface area contributed by atoms with Gasteiger partial charge in [-0.25, -0.2) is 18.5 Å². The number of hydrogen-bond donors (Lipinski definition) is 1. The van der Waals surface area contributed by atoms with Crippen molar-refractivity contribution in [1.82, 2.24) is 4.90 Å². The number of fused-ring (bicyclic) bond motifs is 1. The van der Waals surface area contributed by atoms with Crippen LogP contribution in [-0.4, -0.2) is 43.9 Å². The molecule has 10 nitrogen and oxygen atoms in total. The molecule has 1 aliphatic carbocycles. The second-order valence-corrected chi connectivity index (χ2v) is 9.82. The van der Waals surface area contributed by atoms with Crippen molar-refractivity contribution >= 4 is 33.4 Å². The van der Waals surface area contributed by atoms with Crippen molar-refractivity contribution in [3.05, 3.63) is 48.0 Å². The summed E-state index contributed by atoms with van der Waals surface area (Å²) in [6.07, 6.45) is 1.35. The Morgan fingerprint density at radius 2 is 1.76 bits per heavy atom. The van der Waals surface area contributed by atoms with Gasteiger partial charge in [-0.05, 0) is 54.8 Å². The van der Waals surface area contributed by atoms with E-state index < -0.39 is 27.9 Å². The van der Waals surface area contributed by atoms with Crippen LogP contribution in [0.1, 0.15) is 24.8 Å². The maximum atomic E-state index is 13.3. The molecular weight excluding hydrogens is 450 g/mol. The zero-order chi connectivity index (χ0) is 23.3. The smallest absolute Gasteiger partial charge is 0.257 e. The summed E-state index contributed by atoms with van der Waals surface area (Å²) < 4.78 is 33.7. The number of carbonyl (C=O) groups excluding carboxylic acids is 3. The molecule has 1 atom stereocenters. The van der Waals surface area contributed by atoms with E-state index in [1.165, 1.54) is 29.2 Å². The molecule has 2 N–H and O–H groups in total. The van der Waals surface area contributed by atoms with E-state index in [-0.39, 0.29) is 42.2 Å². The normalized spacial score (nSPS) is 19.8. The lowest BCUT2D eigenvalue weighted by Gasteiger charge is -2.28. The van der Waals surface area contributed by atoms with Gasteiger partial charge in [0.1, 0.15) is 6.04 Å². The molecule has 1 saturated carbocycles. The highest BCUT2D eigenvalue weighted by molar-refractivity contribution is 7.89. The molecule has 1 unspecified atom stereocenters. The maximum Gasteiger partial charge on any atom is 0.257 e. The van der Waals surface area contributed by atoms with Crippen LogP contribution in [0.25, 0.3) is 0 Å². The van der Waals surface area contributed by atoms with Gasteiger partial charge in [-0.15, -0.1) is 0 Å². The van der Waals surface area contributed by atoms with Crippen LogP contribution in [0.2, 0.25) is 0 Å². The Morgan fingerprint density at radius 1 is 1.06 bits per heavy atom. The van der Waals surface area contributed by atoms with Crippen LogP contribution in [0.3, 0.4) is 0 Å². The first kappa shape index (κ1) is 21.4. The minimum absolute atomic E-state index is 0.123. The number of imide groups is 1. The van der Waals surface area contributed by atoms with Crippen LogP contribution in [0.15, 0.2) is 47.4 Å². The van der Waals surface area contributed by atoms with Gasteiger partial charge in [0.15, 0.2) is 11.5 Å². The van der Waals surface area contributed by atoms with Gasteiger partial charge in [0.2, 0.25) is 28.6 Å². The van der Waals surface area contributed by atoms with E-state index in [2.05, 4.69) is 0 Å². The largest absolute Gasteiger partial charge is 0.454 e. The van der Waals surface area contributed by atoms with Crippen LogP contribution >= 0.6 is 0 Å². The van der Waals surface area contributed by atoms with Gasteiger partial charge in [-0.2, -0.15) is 0 Å². The lowest BCUT2D eigenvalue weighted by Crippen LogP contribution is -2.45. The number of carbonyl (C=O) groups is 3. The van der Waals surface area contributed by atoms with Crippen LogP contribution in [-0.2, 0) is 31.0 Å². The second kappa shape index (κ2) is 7.85. The highest BCUT2D eigenvalue weighted by Crippen LogP contribution is 2.37. The minimum atomic E-state index is -3.91. The molecule has 2 aliphatic heterocycles. The maximum absolute atomic E-state index is 13.3. The lowest BCUT2D eigenvalue weighted by molar-refractivity contribution is -0.140. The fourth-order valence-corrected chi connectivity index (χ4v) is 4.57. The molecule has 3 amide bonds. The Balaban J connectivity index is 1.42. The van der Waals surface area contributed by atoms with Crippen molar-refractivity contribution in [3.63, 3.8) is 0 Å². The molecule has 2 fully saturated rings. The van der Waals surface area contributed by atoms with Crippen molar-refractivity contribution in [2.24, 2.45) is 11.1 Å². The number of hydrogen-bond acceptors (Lipinski definition) is 7. The van der Waals surface area contributed by atoms with Gasteiger partial charge >= 0.3 is 0 Å². The standard InChI is InChI=1S/C22H21N3O7S/c23-33(29,30)16-6-4-15(5-7-16)25-20(26)10-17(22(25)28)24(21(27)14-2-3-14)11-13-1-8-18-19(9-13)32-12-31-18/h1,4-9,14,17H,2-3,10-12H2,(H2,23,29,30). The van der Waals surface area contributed by atoms with E-state index in [1.807, 2.05) is 0 Å². The first-order valence-electron chi connectivity index (χ1n) is 10.4. The Morgan fingerprint density at radius 3 is 2.42 bits per heavy atom. The van der Waals surface area contributed by atoms with Gasteiger partial charge in [0, 0.05) is 12.5 Å². The van der Waals surface area contributed by atoms with Crippen molar-refractivity contribution in [1.29, 1.82) is 0 Å². The molecular formula is C22H21N3O7S. The number of anilines is 1. The van der Waals surface area contributed by atoms with Gasteiger partial charge in [0.05, 0.1) is 17.0 Å². The number of primary sulfonamides is 1. The minimum Gasteiger partial charge on any atom is -0.454 e. The lowest BCUT2D eigenvalue weighted by atomic mass is 10.1. The zero-order valence-electron chi connectivity index (χ0n) is 17.5. The fourth-order valence-electron chi connectivity index (χ4n) is 4.06. The number of rotatable bonds is 6. The quantitative estimate of drug-likeness (QED) is 0.624. The van der Waals surface area contributed by atoms with E-state index in [4.69, 9.17) is 14.6 Å². The molecule has 2 aromatic rings. The highest BCUT2D eigenvalue weighted by Gasteiger charge is 2.47. The monoisotopic (exact) mass is 471 g/mol. The summed E-state index contributed by atoms with van der Waals surface area (Å²) in [4.78, 5) is 41.5. The van der Waals surface area contributed by atoms with E-state index in [0.717, 1.165) is 23.3 Å². The topological polar surface area (TPSA) is 136 Å². The second-order valence-electron chi connectivity index (χ2n) is 8.25. The Hall–Kier alpha value is -3.44. The summed E-state index contributed by atoms with van der Waals surface area (Å²) in [5.41, 5.74) is 0.978. The third-order valence-corrected chi connectivity index (χ3v) is 6.85. The van der Waals surface area contributed by atoms with Gasteiger partial charge in [0.25, 0.3) is 5.91 Å². The van der Waals surface area contributed by atoms with Crippen molar-refractivity contribution in [2.75, 3.05) is 11.7 Å². The Bertz CT molecular complexity index is 1260. The van der Waals surface area contributed by atoms with Crippen LogP contribution in [0.5, 0.6) is 11.5 Å². The summed E-state index contributed by atoms with van der Waals surface area (Å²) in [5, 5.41) is 5.12. The highest BCUT2D eigenvalue weighted by atomic mass is 32.2. The molecule has 11 heteroatoms. The third-order valence-electron chi connectivity index (χ3n) is 5.92. The molecule has 2 heterocycles. The summed E-state index contributed by atoms with van der Waals surface area (Å²) in [5.74, 6) is -0.127. The predicted molar refractivity (Wildman–Crippen MR) is 115 cm³/mol. The first-order valence-corrected chi connectivity index (χ1v) is 12.0. The van der Waals surface area contributed by atoms with Gasteiger partial charge in [-0.1, -0.05) is 6.07 Å². The molecule has 0 radical (unpaired) electrons. The van der Waals surface area contributed by atoms with Crippen molar-refractivity contribution < 1.29 is 32.3 Å². The van der Waals surface area contributed by atoms with Gasteiger partial charge < -0.3 is 14.4 Å². The Labute approximate surface area is 189 Å². The average Bonchev–Trinajstić information content (AvgIpc) is 3.45. The molecule has 1 saturated heterocycles. The number of ether oxygens (including phenoxy) is 2. The van der Waals surface area contributed by atoms with E-state index >= 15 is 0 Å². The molecule has 33 heavy (non-hydrogen) atoms. The van der Waals surface area contributed by atoms with Gasteiger partial charge in [-0.3, -0.25) is 14.4 Å². The van der Waals surface area contributed by atoms with Crippen molar-refractivity contribution in [2.45, 2.75) is 36.7 Å². The fraction of sp³-hybridized carbons (Fsp3) is 0.318. The molecule has 0 aromatic heterocycles. The molecule has 5 rings (SSSR count). The van der Waals surface area contributed by atoms with Crippen molar-refractivity contribution in [3.8, 4) is 11.5 Å². The van der Waals surface area contributed by atoms with Crippen LogP contribution in [0.4, 0.5) is 5.69 Å².